The highest BCUT2D eigenvalue weighted by atomic mass is 16.5. The largest absolute Gasteiger partial charge is 0.493 e. The van der Waals surface area contributed by atoms with Crippen LogP contribution >= 0.6 is 0 Å². The van der Waals surface area contributed by atoms with Gasteiger partial charge >= 0.3 is 0 Å². The van der Waals surface area contributed by atoms with Crippen molar-refractivity contribution in [2.45, 2.75) is 13.3 Å². The molecule has 162 valence electrons. The molecule has 0 aromatic heterocycles. The van der Waals surface area contributed by atoms with Gasteiger partial charge in [-0.05, 0) is 54.5 Å². The summed E-state index contributed by atoms with van der Waals surface area (Å²) in [4.78, 5) is 14.9. The van der Waals surface area contributed by atoms with E-state index in [1.807, 2.05) is 37.3 Å². The quantitative estimate of drug-likeness (QED) is 0.515. The van der Waals surface area contributed by atoms with E-state index in [0.717, 1.165) is 25.2 Å². The molecule has 2 aromatic carbocycles. The lowest BCUT2D eigenvalue weighted by atomic mass is 10.1. The topological polar surface area (TPSA) is 83.8 Å². The van der Waals surface area contributed by atoms with Gasteiger partial charge in [0, 0.05) is 24.5 Å². The van der Waals surface area contributed by atoms with E-state index in [0.29, 0.717) is 42.6 Å². The van der Waals surface area contributed by atoms with Gasteiger partial charge in [0.25, 0.3) is 5.91 Å². The second kappa shape index (κ2) is 11.0. The highest BCUT2D eigenvalue weighted by Crippen LogP contribution is 2.29. The van der Waals surface area contributed by atoms with Crippen LogP contribution in [0.15, 0.2) is 48.0 Å². The molecule has 0 unspecified atom stereocenters. The van der Waals surface area contributed by atoms with Crippen molar-refractivity contribution in [1.29, 1.82) is 5.26 Å². The Hall–Kier alpha value is -3.50. The van der Waals surface area contributed by atoms with Crippen LogP contribution in [0.1, 0.15) is 18.9 Å². The van der Waals surface area contributed by atoms with E-state index in [9.17, 15) is 10.1 Å². The zero-order valence-electron chi connectivity index (χ0n) is 17.9. The molecule has 1 saturated heterocycles. The number of nitriles is 1. The molecule has 2 aromatic rings. The van der Waals surface area contributed by atoms with Crippen LogP contribution in [0.25, 0.3) is 6.08 Å². The fourth-order valence-corrected chi connectivity index (χ4v) is 3.20. The first kappa shape index (κ1) is 22.2. The second-order valence-corrected chi connectivity index (χ2v) is 7.03. The molecule has 1 amide bonds. The normalized spacial score (nSPS) is 14.0. The number of hydrogen-bond acceptors (Lipinski definition) is 6. The summed E-state index contributed by atoms with van der Waals surface area (Å²) in [5.74, 6) is 0.719. The molecule has 3 rings (SSSR count). The molecule has 1 N–H and O–H groups in total. The number of amides is 1. The van der Waals surface area contributed by atoms with E-state index in [1.165, 1.54) is 6.08 Å². The first-order chi connectivity index (χ1) is 15.1. The minimum absolute atomic E-state index is 0.00358. The molecule has 0 saturated carbocycles. The average Bonchev–Trinajstić information content (AvgIpc) is 2.82. The standard InChI is InChI=1S/C24H27N3O4/c1-3-12-31-23-16-18(4-9-22(23)29-2)15-19(17-25)24(28)26-20-5-7-21(8-6-20)27-10-13-30-14-11-27/h4-9,15-16H,3,10-14H2,1-2H3,(H,26,28)/b19-15+. The molecule has 7 nitrogen and oxygen atoms in total. The molecule has 31 heavy (non-hydrogen) atoms. The summed E-state index contributed by atoms with van der Waals surface area (Å²) in [6, 6.07) is 14.9. The number of nitrogens with one attached hydrogen (secondary N) is 1. The first-order valence-corrected chi connectivity index (χ1v) is 10.3. The van der Waals surface area contributed by atoms with Gasteiger partial charge in [0.15, 0.2) is 11.5 Å². The van der Waals surface area contributed by atoms with Crippen molar-refractivity contribution in [2.24, 2.45) is 0 Å². The SMILES string of the molecule is CCCOc1cc(/C=C(\C#N)C(=O)Nc2ccc(N3CCOCC3)cc2)ccc1OC. The predicted molar refractivity (Wildman–Crippen MR) is 120 cm³/mol. The maximum Gasteiger partial charge on any atom is 0.266 e. The molecule has 0 bridgehead atoms. The van der Waals surface area contributed by atoms with E-state index >= 15 is 0 Å². The monoisotopic (exact) mass is 421 g/mol. The number of anilines is 2. The van der Waals surface area contributed by atoms with Crippen molar-refractivity contribution in [3.05, 3.63) is 53.6 Å². The van der Waals surface area contributed by atoms with Crippen LogP contribution in [0.3, 0.4) is 0 Å². The minimum Gasteiger partial charge on any atom is -0.493 e. The van der Waals surface area contributed by atoms with Crippen LogP contribution in [0.4, 0.5) is 11.4 Å². The smallest absolute Gasteiger partial charge is 0.266 e. The van der Waals surface area contributed by atoms with Gasteiger partial charge < -0.3 is 24.4 Å². The lowest BCUT2D eigenvalue weighted by molar-refractivity contribution is -0.112. The van der Waals surface area contributed by atoms with Crippen molar-refractivity contribution in [3.63, 3.8) is 0 Å². The lowest BCUT2D eigenvalue weighted by Crippen LogP contribution is -2.36. The Bertz CT molecular complexity index is 958. The van der Waals surface area contributed by atoms with Gasteiger partial charge in [-0.1, -0.05) is 13.0 Å². The van der Waals surface area contributed by atoms with Gasteiger partial charge in [-0.2, -0.15) is 5.26 Å². The number of carbonyl (C=O) groups is 1. The molecule has 1 aliphatic heterocycles. The number of benzene rings is 2. The predicted octanol–water partition coefficient (Wildman–Crippen LogP) is 3.87. The van der Waals surface area contributed by atoms with E-state index in [2.05, 4.69) is 10.2 Å². The highest BCUT2D eigenvalue weighted by Gasteiger charge is 2.13. The number of methoxy groups -OCH3 is 1. The lowest BCUT2D eigenvalue weighted by Gasteiger charge is -2.28. The Kier molecular flexibility index (Phi) is 7.91. The number of ether oxygens (including phenoxy) is 3. The minimum atomic E-state index is -0.464. The fourth-order valence-electron chi connectivity index (χ4n) is 3.20. The molecule has 1 fully saturated rings. The van der Waals surface area contributed by atoms with Crippen LogP contribution in [0.2, 0.25) is 0 Å². The van der Waals surface area contributed by atoms with Gasteiger partial charge in [-0.15, -0.1) is 0 Å². The molecule has 1 heterocycles. The third kappa shape index (κ3) is 6.00. The molecular formula is C24H27N3O4. The molecule has 0 atom stereocenters. The third-order valence-corrected chi connectivity index (χ3v) is 4.83. The molecule has 7 heteroatoms. The summed E-state index contributed by atoms with van der Waals surface area (Å²) >= 11 is 0. The molecule has 1 aliphatic rings. The molecule has 0 spiro atoms. The zero-order valence-corrected chi connectivity index (χ0v) is 17.9. The van der Waals surface area contributed by atoms with E-state index < -0.39 is 5.91 Å². The summed E-state index contributed by atoms with van der Waals surface area (Å²) < 4.78 is 16.4. The Balaban J connectivity index is 1.71. The Labute approximate surface area is 182 Å². The second-order valence-electron chi connectivity index (χ2n) is 7.03. The molecular weight excluding hydrogens is 394 g/mol. The van der Waals surface area contributed by atoms with Crippen molar-refractivity contribution in [1.82, 2.24) is 0 Å². The summed E-state index contributed by atoms with van der Waals surface area (Å²) in [7, 11) is 1.57. The van der Waals surface area contributed by atoms with Crippen LogP contribution in [-0.4, -0.2) is 45.9 Å². The van der Waals surface area contributed by atoms with Crippen molar-refractivity contribution < 1.29 is 19.0 Å². The average molecular weight is 421 g/mol. The van der Waals surface area contributed by atoms with Crippen molar-refractivity contribution >= 4 is 23.4 Å². The van der Waals surface area contributed by atoms with Crippen LogP contribution in [0, 0.1) is 11.3 Å². The summed E-state index contributed by atoms with van der Waals surface area (Å²) in [6.45, 7) is 5.69. The van der Waals surface area contributed by atoms with Gasteiger partial charge in [0.1, 0.15) is 11.6 Å². The number of carbonyl (C=O) groups excluding carboxylic acids is 1. The van der Waals surface area contributed by atoms with Crippen LogP contribution in [-0.2, 0) is 9.53 Å². The molecule has 0 radical (unpaired) electrons. The number of nitrogens with zero attached hydrogens (tertiary/aromatic N) is 2. The van der Waals surface area contributed by atoms with Crippen LogP contribution < -0.4 is 19.7 Å². The van der Waals surface area contributed by atoms with Gasteiger partial charge in [0.05, 0.1) is 26.9 Å². The van der Waals surface area contributed by atoms with E-state index in [1.54, 1.807) is 25.3 Å². The van der Waals surface area contributed by atoms with Crippen molar-refractivity contribution in [2.75, 3.05) is 50.2 Å². The summed E-state index contributed by atoms with van der Waals surface area (Å²) in [5.41, 5.74) is 2.39. The number of rotatable bonds is 8. The number of morpholine rings is 1. The Morgan fingerprint density at radius 3 is 2.58 bits per heavy atom. The summed E-state index contributed by atoms with van der Waals surface area (Å²) in [6.07, 6.45) is 2.40. The van der Waals surface area contributed by atoms with Gasteiger partial charge in [0.2, 0.25) is 0 Å². The Morgan fingerprint density at radius 2 is 1.94 bits per heavy atom. The zero-order chi connectivity index (χ0) is 22.1. The highest BCUT2D eigenvalue weighted by molar-refractivity contribution is 6.09. The first-order valence-electron chi connectivity index (χ1n) is 10.3. The third-order valence-electron chi connectivity index (χ3n) is 4.83. The molecule has 0 aliphatic carbocycles. The van der Waals surface area contributed by atoms with Gasteiger partial charge in [-0.25, -0.2) is 0 Å². The van der Waals surface area contributed by atoms with Crippen LogP contribution in [0.5, 0.6) is 11.5 Å². The maximum absolute atomic E-state index is 12.6. The van der Waals surface area contributed by atoms with E-state index in [4.69, 9.17) is 14.2 Å². The fraction of sp³-hybridized carbons (Fsp3) is 0.333. The number of hydrogen-bond donors (Lipinski definition) is 1. The maximum atomic E-state index is 12.6. The van der Waals surface area contributed by atoms with E-state index in [-0.39, 0.29) is 5.57 Å². The van der Waals surface area contributed by atoms with Gasteiger partial charge in [-0.3, -0.25) is 4.79 Å². The van der Waals surface area contributed by atoms with Crippen molar-refractivity contribution in [3.8, 4) is 17.6 Å². The summed E-state index contributed by atoms with van der Waals surface area (Å²) in [5, 5.41) is 12.3. The Morgan fingerprint density at radius 1 is 1.19 bits per heavy atom.